The molecule has 2 aromatic carbocycles. The van der Waals surface area contributed by atoms with Crippen LogP contribution in [0.3, 0.4) is 0 Å². The van der Waals surface area contributed by atoms with E-state index >= 15 is 0 Å². The second kappa shape index (κ2) is 7.49. The van der Waals surface area contributed by atoms with Crippen LogP contribution in [0.1, 0.15) is 0 Å². The third kappa shape index (κ3) is 3.31. The number of aromatic nitrogens is 1. The first-order chi connectivity index (χ1) is 10.8. The Bertz CT molecular complexity index is 856. The summed E-state index contributed by atoms with van der Waals surface area (Å²) in [5, 5.41) is 5.34. The van der Waals surface area contributed by atoms with E-state index in [9.17, 15) is 0 Å². The molecule has 6 heteroatoms. The van der Waals surface area contributed by atoms with Crippen LogP contribution in [0, 0.1) is 0 Å². The van der Waals surface area contributed by atoms with E-state index in [1.807, 2.05) is 18.3 Å². The van der Waals surface area contributed by atoms with Gasteiger partial charge in [0.15, 0.2) is 0 Å². The van der Waals surface area contributed by atoms with Crippen LogP contribution in [0.5, 0.6) is 5.75 Å². The van der Waals surface area contributed by atoms with Crippen molar-refractivity contribution < 1.29 is 9.47 Å². The number of benzene rings is 2. The van der Waals surface area contributed by atoms with Crippen molar-refractivity contribution in [2.24, 2.45) is 0 Å². The number of ether oxygens (including phenoxy) is 2. The first-order valence-corrected chi connectivity index (χ1v) is 11.6. The molecule has 1 radical (unpaired) electrons. The fourth-order valence-corrected chi connectivity index (χ4v) is 5.53. The van der Waals surface area contributed by atoms with Crippen LogP contribution < -0.4 is 10.1 Å². The summed E-state index contributed by atoms with van der Waals surface area (Å²) in [5.41, 5.74) is 1.16. The van der Waals surface area contributed by atoms with Gasteiger partial charge >= 0.3 is 149 Å². The average molecular weight is 523 g/mol. The first kappa shape index (κ1) is 15.8. The van der Waals surface area contributed by atoms with Gasteiger partial charge in [0, 0.05) is 0 Å². The van der Waals surface area contributed by atoms with Crippen molar-refractivity contribution in [3.05, 3.63) is 44.6 Å². The SMILES string of the molecule is COC1=CNC=[Te]1.COc1cccc2c1ccc1[te]cnc12. The summed E-state index contributed by atoms with van der Waals surface area (Å²) in [6.45, 7) is 0. The van der Waals surface area contributed by atoms with E-state index in [2.05, 4.69) is 36.9 Å². The van der Waals surface area contributed by atoms with Crippen LogP contribution >= 0.6 is 0 Å². The molecule has 1 N–H and O–H groups in total. The second-order valence-corrected chi connectivity index (χ2v) is 9.41. The minimum absolute atomic E-state index is 0.0726. The molecule has 0 fully saturated rings. The molecule has 0 saturated heterocycles. The van der Waals surface area contributed by atoms with Gasteiger partial charge in [-0.1, -0.05) is 0 Å². The third-order valence-electron chi connectivity index (χ3n) is 3.18. The molecule has 4 rings (SSSR count). The molecule has 0 atom stereocenters. The number of rotatable bonds is 2. The Hall–Kier alpha value is -1.04. The van der Waals surface area contributed by atoms with E-state index in [0.29, 0.717) is 0 Å². The molecule has 0 aliphatic carbocycles. The Kier molecular flexibility index (Phi) is 5.39. The van der Waals surface area contributed by atoms with Gasteiger partial charge in [-0.2, -0.15) is 0 Å². The zero-order valence-corrected chi connectivity index (χ0v) is 16.9. The standard InChI is InChI=1S/C12H9NOTe.C4H6NOTe/c1-14-10-4-2-3-9-8(10)5-6-11-12(9)13-7-15-11;1-6-4-2-5-3-7-4/h2-7H,1H3;2-3,5H,1H3. The molecule has 0 unspecified atom stereocenters. The number of hydrogen-bond donors (Lipinski definition) is 1. The summed E-state index contributed by atoms with van der Waals surface area (Å²) in [6, 6.07) is 10.5. The van der Waals surface area contributed by atoms with Crippen molar-refractivity contribution in [3.63, 3.8) is 0 Å². The van der Waals surface area contributed by atoms with Crippen LogP contribution in [-0.2, 0) is 4.74 Å². The van der Waals surface area contributed by atoms with Gasteiger partial charge in [-0.25, -0.2) is 0 Å². The van der Waals surface area contributed by atoms with E-state index in [4.69, 9.17) is 9.47 Å². The van der Waals surface area contributed by atoms with Gasteiger partial charge in [0.25, 0.3) is 0 Å². The summed E-state index contributed by atoms with van der Waals surface area (Å²) in [4.78, 5) is 4.48. The second-order valence-electron chi connectivity index (χ2n) is 4.39. The van der Waals surface area contributed by atoms with E-state index in [1.54, 1.807) is 14.2 Å². The van der Waals surface area contributed by atoms with E-state index in [1.165, 1.54) is 8.79 Å². The summed E-state index contributed by atoms with van der Waals surface area (Å²) < 4.78 is 17.0. The van der Waals surface area contributed by atoms with Crippen LogP contribution in [0.4, 0.5) is 0 Å². The Labute approximate surface area is 148 Å². The number of methoxy groups -OCH3 is 2. The predicted molar refractivity (Wildman–Crippen MR) is 92.8 cm³/mol. The van der Waals surface area contributed by atoms with Crippen LogP contribution in [0.2, 0.25) is 0 Å². The van der Waals surface area contributed by atoms with Crippen molar-refractivity contribution in [1.82, 2.24) is 10.3 Å². The average Bonchev–Trinajstić information content (AvgIpc) is 3.25. The fraction of sp³-hybridized carbons (Fsp3) is 0.125. The Balaban J connectivity index is 0.000000174. The molecule has 22 heavy (non-hydrogen) atoms. The van der Waals surface area contributed by atoms with Crippen LogP contribution in [0.15, 0.2) is 44.6 Å². The van der Waals surface area contributed by atoms with Crippen molar-refractivity contribution in [3.8, 4) is 5.75 Å². The number of hydrogen-bond acceptors (Lipinski definition) is 4. The molecule has 2 heterocycles. The van der Waals surface area contributed by atoms with Crippen molar-refractivity contribution >= 4 is 64.7 Å². The molecule has 0 bridgehead atoms. The summed E-state index contributed by atoms with van der Waals surface area (Å²) >= 11 is -0.244. The molecule has 4 nitrogen and oxygen atoms in total. The molecule has 0 saturated carbocycles. The number of fused-ring (bicyclic) bond motifs is 3. The number of nitrogens with zero attached hydrogens (tertiary/aromatic N) is 1. The molecule has 113 valence electrons. The minimum atomic E-state index is -0.171. The van der Waals surface area contributed by atoms with Gasteiger partial charge < -0.3 is 0 Å². The zero-order chi connectivity index (χ0) is 15.4. The third-order valence-corrected chi connectivity index (χ3v) is 7.65. The summed E-state index contributed by atoms with van der Waals surface area (Å²) in [6.07, 6.45) is 1.90. The van der Waals surface area contributed by atoms with Crippen LogP contribution in [-0.4, -0.2) is 64.3 Å². The zero-order valence-electron chi connectivity index (χ0n) is 12.2. The van der Waals surface area contributed by atoms with Gasteiger partial charge in [0.2, 0.25) is 0 Å². The van der Waals surface area contributed by atoms with Gasteiger partial charge in [0.1, 0.15) is 0 Å². The monoisotopic (exact) mass is 527 g/mol. The summed E-state index contributed by atoms with van der Waals surface area (Å²) in [5.74, 6) is 0.929. The van der Waals surface area contributed by atoms with Crippen LogP contribution in [0.25, 0.3) is 19.7 Å². The topological polar surface area (TPSA) is 43.4 Å². The molecule has 1 aliphatic rings. The maximum atomic E-state index is 5.35. The van der Waals surface area contributed by atoms with Gasteiger partial charge in [-0.15, -0.1) is 0 Å². The van der Waals surface area contributed by atoms with E-state index < -0.39 is 0 Å². The predicted octanol–water partition coefficient (Wildman–Crippen LogP) is 1.95. The maximum absolute atomic E-state index is 5.35. The van der Waals surface area contributed by atoms with Gasteiger partial charge in [-0.05, 0) is 0 Å². The fourth-order valence-electron chi connectivity index (χ4n) is 2.17. The Morgan fingerprint density at radius 1 is 1.05 bits per heavy atom. The summed E-state index contributed by atoms with van der Waals surface area (Å²) in [7, 11) is 3.41. The van der Waals surface area contributed by atoms with Crippen molar-refractivity contribution in [1.29, 1.82) is 0 Å². The van der Waals surface area contributed by atoms with Crippen molar-refractivity contribution in [2.75, 3.05) is 14.2 Å². The van der Waals surface area contributed by atoms with Gasteiger partial charge in [0.05, 0.1) is 0 Å². The molecule has 1 aromatic heterocycles. The molecular weight excluding hydrogens is 507 g/mol. The Morgan fingerprint density at radius 2 is 1.95 bits per heavy atom. The number of nitrogens with one attached hydrogen (secondary N) is 1. The molecule has 0 amide bonds. The van der Waals surface area contributed by atoms with Crippen molar-refractivity contribution in [2.45, 2.75) is 0 Å². The Morgan fingerprint density at radius 3 is 2.64 bits per heavy atom. The van der Waals surface area contributed by atoms with E-state index in [0.717, 1.165) is 20.5 Å². The quantitative estimate of drug-likeness (QED) is 0.523. The van der Waals surface area contributed by atoms with E-state index in [-0.39, 0.29) is 40.9 Å². The normalized spacial score (nSPS) is 12.5. The molecule has 3 aromatic rings. The first-order valence-electron chi connectivity index (χ1n) is 6.61. The molecule has 1 aliphatic heterocycles. The molecule has 0 spiro atoms. The van der Waals surface area contributed by atoms with Gasteiger partial charge in [-0.3, -0.25) is 0 Å². The molecular formula is C16H15N2O2Te2.